The van der Waals surface area contributed by atoms with Crippen LogP contribution < -0.4 is 0 Å². The number of nitrogens with zero attached hydrogens (tertiary/aromatic N) is 2. The summed E-state index contributed by atoms with van der Waals surface area (Å²) in [5, 5.41) is 11.9. The molecule has 0 amide bonds. The molecule has 0 fully saturated rings. The minimum absolute atomic E-state index is 0.00468. The van der Waals surface area contributed by atoms with E-state index in [9.17, 15) is 18.3 Å². The highest BCUT2D eigenvalue weighted by molar-refractivity contribution is 6.74. The van der Waals surface area contributed by atoms with Crippen LogP contribution in [0.1, 0.15) is 132 Å². The molecule has 4 nitrogen and oxygen atoms in total. The van der Waals surface area contributed by atoms with E-state index in [4.69, 9.17) is 9.41 Å². The normalized spacial score (nSPS) is 20.4. The molecule has 0 aromatic carbocycles. The van der Waals surface area contributed by atoms with Crippen LogP contribution in [-0.4, -0.2) is 23.4 Å². The third-order valence-electron chi connectivity index (χ3n) is 8.91. The van der Waals surface area contributed by atoms with Crippen molar-refractivity contribution in [3.63, 3.8) is 0 Å². The van der Waals surface area contributed by atoms with Crippen molar-refractivity contribution in [2.75, 3.05) is 0 Å². The molecule has 40 heavy (non-hydrogen) atoms. The summed E-state index contributed by atoms with van der Waals surface area (Å²) < 4.78 is 46.9. The van der Waals surface area contributed by atoms with Gasteiger partial charge in [-0.3, -0.25) is 9.97 Å². The number of hydrogen-bond donors (Lipinski definition) is 1. The lowest BCUT2D eigenvalue weighted by Crippen LogP contribution is -2.44. The molecule has 0 saturated heterocycles. The first-order valence-electron chi connectivity index (χ1n) is 14.5. The zero-order valence-corrected chi connectivity index (χ0v) is 26.5. The van der Waals surface area contributed by atoms with Crippen molar-refractivity contribution in [2.24, 2.45) is 5.41 Å². The fourth-order valence-corrected chi connectivity index (χ4v) is 7.04. The number of hydrogen-bond acceptors (Lipinski definition) is 4. The topological polar surface area (TPSA) is 55.2 Å². The Kier molecular flexibility index (Phi) is 8.24. The summed E-state index contributed by atoms with van der Waals surface area (Å²) in [5.41, 5.74) is 5.01. The zero-order chi connectivity index (χ0) is 29.8. The van der Waals surface area contributed by atoms with Crippen LogP contribution in [0, 0.1) is 5.41 Å². The van der Waals surface area contributed by atoms with Crippen molar-refractivity contribution in [2.45, 2.75) is 123 Å². The van der Waals surface area contributed by atoms with Crippen LogP contribution in [0.3, 0.4) is 0 Å². The van der Waals surface area contributed by atoms with Gasteiger partial charge < -0.3 is 9.53 Å². The molecule has 2 aromatic heterocycles. The SMILES string of the molecule is CC(C)c1nc2c(c(C3=CCCC3)c1C(O)c1ccc(C(F)(F)F)cn1)[C@@H](O[Si](C)(C)C(C)(C)C)CC(C)(C)C2. The standard InChI is InChI=1S/C32H45F3N2O2Si/c1-19(2)28-27(29(38)22-15-14-21(18-36-22)32(33,34)35)25(20-12-10-11-13-20)26-23(37-28)16-31(6,7)17-24(26)39-40(8,9)30(3,4)5/h12,14-15,18-19,24,29,38H,10-11,13,16-17H2,1-9H3/t24-,29?/m0/s1. The molecule has 0 spiro atoms. The van der Waals surface area contributed by atoms with E-state index in [2.05, 4.69) is 72.6 Å². The first-order valence-corrected chi connectivity index (χ1v) is 17.4. The molecule has 2 aliphatic carbocycles. The molecule has 2 atom stereocenters. The average molecular weight is 575 g/mol. The number of allylic oxidation sites excluding steroid dienone is 2. The first kappa shape index (κ1) is 30.9. The maximum Gasteiger partial charge on any atom is 0.417 e. The zero-order valence-electron chi connectivity index (χ0n) is 25.5. The molecule has 0 saturated carbocycles. The third kappa shape index (κ3) is 6.09. The molecule has 2 heterocycles. The van der Waals surface area contributed by atoms with Crippen LogP contribution in [0.2, 0.25) is 18.1 Å². The summed E-state index contributed by atoms with van der Waals surface area (Å²) in [7, 11) is -2.18. The van der Waals surface area contributed by atoms with E-state index < -0.39 is 26.2 Å². The fraction of sp³-hybridized carbons (Fsp3) is 0.625. The van der Waals surface area contributed by atoms with E-state index in [0.717, 1.165) is 66.9 Å². The molecule has 220 valence electrons. The maximum absolute atomic E-state index is 13.3. The highest BCUT2D eigenvalue weighted by Crippen LogP contribution is 2.52. The van der Waals surface area contributed by atoms with E-state index in [0.29, 0.717) is 5.56 Å². The number of aliphatic hydroxyl groups is 1. The molecule has 0 aliphatic heterocycles. The predicted octanol–water partition coefficient (Wildman–Crippen LogP) is 9.30. The fourth-order valence-electron chi connectivity index (χ4n) is 5.77. The monoisotopic (exact) mass is 574 g/mol. The Bertz CT molecular complexity index is 1280. The molecule has 4 rings (SSSR count). The van der Waals surface area contributed by atoms with Crippen LogP contribution in [-0.2, 0) is 17.0 Å². The van der Waals surface area contributed by atoms with Gasteiger partial charge in [0, 0.05) is 23.0 Å². The number of halogens is 3. The third-order valence-corrected chi connectivity index (χ3v) is 13.4. The molecule has 8 heteroatoms. The number of fused-ring (bicyclic) bond motifs is 1. The summed E-state index contributed by atoms with van der Waals surface area (Å²) >= 11 is 0. The lowest BCUT2D eigenvalue weighted by molar-refractivity contribution is -0.137. The van der Waals surface area contributed by atoms with Gasteiger partial charge in [-0.1, -0.05) is 54.5 Å². The number of aliphatic hydroxyl groups excluding tert-OH is 1. The second kappa shape index (κ2) is 10.7. The van der Waals surface area contributed by atoms with Gasteiger partial charge in [0.05, 0.1) is 23.1 Å². The lowest BCUT2D eigenvalue weighted by Gasteiger charge is -2.45. The average Bonchev–Trinajstić information content (AvgIpc) is 3.35. The Hall–Kier alpha value is -2.03. The van der Waals surface area contributed by atoms with Crippen LogP contribution in [0.4, 0.5) is 13.2 Å². The van der Waals surface area contributed by atoms with Crippen LogP contribution in [0.5, 0.6) is 0 Å². The van der Waals surface area contributed by atoms with Crippen molar-refractivity contribution in [3.8, 4) is 0 Å². The molecule has 1 unspecified atom stereocenters. The van der Waals surface area contributed by atoms with Gasteiger partial charge >= 0.3 is 6.18 Å². The van der Waals surface area contributed by atoms with Crippen molar-refractivity contribution < 1.29 is 22.7 Å². The summed E-state index contributed by atoms with van der Waals surface area (Å²) in [5.74, 6) is -0.00468. The number of rotatable bonds is 6. The summed E-state index contributed by atoms with van der Waals surface area (Å²) in [6, 6.07) is 2.28. The molecule has 2 aliphatic rings. The van der Waals surface area contributed by atoms with Gasteiger partial charge in [0.1, 0.15) is 6.10 Å². The Balaban J connectivity index is 1.99. The smallest absolute Gasteiger partial charge is 0.410 e. The van der Waals surface area contributed by atoms with Crippen molar-refractivity contribution in [3.05, 3.63) is 63.7 Å². The molecular formula is C32H45F3N2O2Si. The maximum atomic E-state index is 13.3. The van der Waals surface area contributed by atoms with Gasteiger partial charge in [0.15, 0.2) is 8.32 Å². The highest BCUT2D eigenvalue weighted by atomic mass is 28.4. The van der Waals surface area contributed by atoms with Crippen molar-refractivity contribution >= 4 is 13.9 Å². The first-order chi connectivity index (χ1) is 18.3. The molecule has 2 aromatic rings. The molecule has 0 bridgehead atoms. The number of aromatic nitrogens is 2. The van der Waals surface area contributed by atoms with Gasteiger partial charge in [0.25, 0.3) is 0 Å². The Morgan fingerprint density at radius 2 is 1.80 bits per heavy atom. The quantitative estimate of drug-likeness (QED) is 0.349. The van der Waals surface area contributed by atoms with Gasteiger partial charge in [-0.25, -0.2) is 0 Å². The second-order valence-corrected chi connectivity index (χ2v) is 19.0. The van der Waals surface area contributed by atoms with Gasteiger partial charge in [-0.05, 0) is 84.8 Å². The van der Waals surface area contributed by atoms with E-state index >= 15 is 0 Å². The van der Waals surface area contributed by atoms with E-state index in [1.807, 2.05) is 0 Å². The second-order valence-electron chi connectivity index (χ2n) is 14.2. The van der Waals surface area contributed by atoms with Crippen LogP contribution in [0.25, 0.3) is 5.57 Å². The Labute approximate surface area is 238 Å². The van der Waals surface area contributed by atoms with Gasteiger partial charge in [-0.2, -0.15) is 13.2 Å². The van der Waals surface area contributed by atoms with E-state index in [-0.39, 0.29) is 28.2 Å². The Morgan fingerprint density at radius 1 is 1.12 bits per heavy atom. The van der Waals surface area contributed by atoms with Gasteiger partial charge in [0.2, 0.25) is 0 Å². The van der Waals surface area contributed by atoms with Crippen LogP contribution in [0.15, 0.2) is 24.4 Å². The summed E-state index contributed by atoms with van der Waals surface area (Å²) in [4.78, 5) is 9.32. The largest absolute Gasteiger partial charge is 0.417 e. The molecule has 0 radical (unpaired) electrons. The number of alkyl halides is 3. The summed E-state index contributed by atoms with van der Waals surface area (Å²) in [6.45, 7) is 19.9. The molecule has 1 N–H and O–H groups in total. The van der Waals surface area contributed by atoms with E-state index in [1.54, 1.807) is 0 Å². The minimum atomic E-state index is -4.49. The summed E-state index contributed by atoms with van der Waals surface area (Å²) in [6.07, 6.45) is 1.66. The van der Waals surface area contributed by atoms with E-state index in [1.165, 1.54) is 11.6 Å². The minimum Gasteiger partial charge on any atom is -0.410 e. The van der Waals surface area contributed by atoms with Gasteiger partial charge in [-0.15, -0.1) is 0 Å². The number of pyridine rings is 2. The molecular weight excluding hydrogens is 529 g/mol. The highest BCUT2D eigenvalue weighted by Gasteiger charge is 2.45. The Morgan fingerprint density at radius 3 is 2.30 bits per heavy atom. The van der Waals surface area contributed by atoms with Crippen molar-refractivity contribution in [1.82, 2.24) is 9.97 Å². The van der Waals surface area contributed by atoms with Crippen molar-refractivity contribution in [1.29, 1.82) is 0 Å². The van der Waals surface area contributed by atoms with Crippen LogP contribution >= 0.6 is 0 Å². The lowest BCUT2D eigenvalue weighted by atomic mass is 9.71. The predicted molar refractivity (Wildman–Crippen MR) is 157 cm³/mol.